The van der Waals surface area contributed by atoms with Crippen molar-refractivity contribution >= 4 is 0 Å². The van der Waals surface area contributed by atoms with E-state index in [9.17, 15) is 9.50 Å². The van der Waals surface area contributed by atoms with E-state index in [2.05, 4.69) is 18.8 Å². The third-order valence-electron chi connectivity index (χ3n) is 3.73. The van der Waals surface area contributed by atoms with E-state index in [1.807, 2.05) is 0 Å². The quantitative estimate of drug-likeness (QED) is 0.856. The Morgan fingerprint density at radius 2 is 1.88 bits per heavy atom. The molecule has 0 radical (unpaired) electrons. The van der Waals surface area contributed by atoms with Crippen molar-refractivity contribution in [2.24, 2.45) is 17.8 Å². The van der Waals surface area contributed by atoms with E-state index in [0.717, 1.165) is 12.8 Å². The number of aliphatic hydroxyl groups is 1. The van der Waals surface area contributed by atoms with E-state index in [4.69, 9.17) is 0 Å². The number of hydrogen-bond acceptors (Lipinski definition) is 2. The summed E-state index contributed by atoms with van der Waals surface area (Å²) in [4.78, 5) is 3.80. The summed E-state index contributed by atoms with van der Waals surface area (Å²) in [5.41, 5.74) is 0.608. The first-order valence-electron chi connectivity index (χ1n) is 6.34. The highest BCUT2D eigenvalue weighted by Crippen LogP contribution is 2.39. The van der Waals surface area contributed by atoms with E-state index in [1.54, 1.807) is 6.20 Å². The van der Waals surface area contributed by atoms with E-state index < -0.39 is 6.10 Å². The van der Waals surface area contributed by atoms with Gasteiger partial charge in [-0.25, -0.2) is 4.39 Å². The molecule has 2 rings (SSSR count). The third kappa shape index (κ3) is 3.03. The molecule has 1 aromatic rings. The van der Waals surface area contributed by atoms with Crippen LogP contribution in [0.2, 0.25) is 0 Å². The third-order valence-corrected chi connectivity index (χ3v) is 3.73. The molecule has 1 heterocycles. The minimum Gasteiger partial charge on any atom is -0.388 e. The second-order valence-electron chi connectivity index (χ2n) is 5.56. The number of aliphatic hydroxyl groups excluding tert-OH is 1. The summed E-state index contributed by atoms with van der Waals surface area (Å²) in [5.74, 6) is 1.13. The number of pyridine rings is 1. The van der Waals surface area contributed by atoms with Gasteiger partial charge in [-0.2, -0.15) is 0 Å². The lowest BCUT2D eigenvalue weighted by molar-refractivity contribution is 0.0547. The molecule has 3 unspecified atom stereocenters. The number of halogens is 1. The molecule has 1 fully saturated rings. The van der Waals surface area contributed by atoms with E-state index >= 15 is 0 Å². The summed E-state index contributed by atoms with van der Waals surface area (Å²) in [7, 11) is 0. The van der Waals surface area contributed by atoms with Crippen LogP contribution in [0.25, 0.3) is 0 Å². The molecule has 0 spiro atoms. The molecule has 0 amide bonds. The van der Waals surface area contributed by atoms with Crippen molar-refractivity contribution in [2.75, 3.05) is 0 Å². The van der Waals surface area contributed by atoms with Gasteiger partial charge in [0.25, 0.3) is 0 Å². The van der Waals surface area contributed by atoms with Crippen LogP contribution < -0.4 is 0 Å². The first-order chi connectivity index (χ1) is 8.06. The lowest BCUT2D eigenvalue weighted by Crippen LogP contribution is -2.24. The fourth-order valence-corrected chi connectivity index (χ4v) is 3.13. The highest BCUT2D eigenvalue weighted by atomic mass is 19.1. The maximum absolute atomic E-state index is 13.1. The van der Waals surface area contributed by atoms with Crippen molar-refractivity contribution in [3.05, 3.63) is 29.8 Å². The van der Waals surface area contributed by atoms with Crippen LogP contribution >= 0.6 is 0 Å². The molecule has 17 heavy (non-hydrogen) atoms. The Labute approximate surface area is 102 Å². The van der Waals surface area contributed by atoms with Crippen molar-refractivity contribution in [1.82, 2.24) is 4.98 Å². The first-order valence-corrected chi connectivity index (χ1v) is 6.34. The average molecular weight is 237 g/mol. The topological polar surface area (TPSA) is 33.1 Å². The Hall–Kier alpha value is -0.960. The molecule has 3 atom stereocenters. The van der Waals surface area contributed by atoms with Gasteiger partial charge in [-0.1, -0.05) is 13.8 Å². The van der Waals surface area contributed by atoms with Gasteiger partial charge in [-0.05, 0) is 43.1 Å². The fourth-order valence-electron chi connectivity index (χ4n) is 3.13. The Balaban J connectivity index is 2.11. The maximum atomic E-state index is 13.1. The largest absolute Gasteiger partial charge is 0.388 e. The lowest BCUT2D eigenvalue weighted by Gasteiger charge is -2.34. The van der Waals surface area contributed by atoms with Crippen LogP contribution in [0.3, 0.4) is 0 Å². The molecule has 0 aromatic carbocycles. The summed E-state index contributed by atoms with van der Waals surface area (Å²) in [6, 6.07) is 1.39. The average Bonchev–Trinajstić information content (AvgIpc) is 2.26. The van der Waals surface area contributed by atoms with Gasteiger partial charge in [0.1, 0.15) is 5.82 Å². The summed E-state index contributed by atoms with van der Waals surface area (Å²) in [5, 5.41) is 10.3. The number of hydrogen-bond donors (Lipinski definition) is 1. The molecule has 2 nitrogen and oxygen atoms in total. The van der Waals surface area contributed by atoms with Gasteiger partial charge >= 0.3 is 0 Å². The fraction of sp³-hybridized carbons (Fsp3) is 0.643. The molecule has 94 valence electrons. The normalized spacial score (nSPS) is 31.2. The van der Waals surface area contributed by atoms with E-state index in [-0.39, 0.29) is 11.7 Å². The van der Waals surface area contributed by atoms with Crippen LogP contribution in [-0.4, -0.2) is 10.1 Å². The van der Waals surface area contributed by atoms with Crippen LogP contribution in [0.1, 0.15) is 44.8 Å². The molecule has 0 saturated heterocycles. The zero-order valence-electron chi connectivity index (χ0n) is 10.4. The van der Waals surface area contributed by atoms with Gasteiger partial charge in [-0.3, -0.25) is 4.98 Å². The highest BCUT2D eigenvalue weighted by molar-refractivity contribution is 5.14. The molecule has 1 saturated carbocycles. The van der Waals surface area contributed by atoms with Crippen molar-refractivity contribution in [3.63, 3.8) is 0 Å². The monoisotopic (exact) mass is 237 g/mol. The predicted molar refractivity (Wildman–Crippen MR) is 64.8 cm³/mol. The molecule has 0 bridgehead atoms. The van der Waals surface area contributed by atoms with Crippen LogP contribution in [0, 0.1) is 23.6 Å². The second kappa shape index (κ2) is 5.13. The van der Waals surface area contributed by atoms with Gasteiger partial charge in [0, 0.05) is 11.8 Å². The minimum atomic E-state index is -0.580. The van der Waals surface area contributed by atoms with Gasteiger partial charge in [0.05, 0.1) is 12.3 Å². The van der Waals surface area contributed by atoms with E-state index in [0.29, 0.717) is 17.4 Å². The van der Waals surface area contributed by atoms with Crippen molar-refractivity contribution in [1.29, 1.82) is 0 Å². The van der Waals surface area contributed by atoms with E-state index in [1.165, 1.54) is 18.7 Å². The van der Waals surface area contributed by atoms with Crippen LogP contribution in [0.5, 0.6) is 0 Å². The Kier molecular flexibility index (Phi) is 3.77. The summed E-state index contributed by atoms with van der Waals surface area (Å²) < 4.78 is 13.1. The first kappa shape index (κ1) is 12.5. The van der Waals surface area contributed by atoms with Gasteiger partial charge in [-0.15, -0.1) is 0 Å². The standard InChI is InChI=1S/C14H20FNO/c1-9-3-10(2)5-11(4-9)14(17)12-6-13(15)8-16-7-12/h6-11,14,17H,3-5H2,1-2H3. The van der Waals surface area contributed by atoms with Crippen molar-refractivity contribution < 1.29 is 9.50 Å². The van der Waals surface area contributed by atoms with Gasteiger partial charge in [0.2, 0.25) is 0 Å². The smallest absolute Gasteiger partial charge is 0.141 e. The molecule has 1 aliphatic rings. The molecular weight excluding hydrogens is 217 g/mol. The number of aromatic nitrogens is 1. The summed E-state index contributed by atoms with van der Waals surface area (Å²) in [6.45, 7) is 4.44. The van der Waals surface area contributed by atoms with Gasteiger partial charge < -0.3 is 5.11 Å². The van der Waals surface area contributed by atoms with Crippen molar-refractivity contribution in [2.45, 2.75) is 39.2 Å². The SMILES string of the molecule is CC1CC(C)CC(C(O)c2cncc(F)c2)C1. The van der Waals surface area contributed by atoms with Crippen LogP contribution in [0.4, 0.5) is 4.39 Å². The zero-order chi connectivity index (χ0) is 12.4. The molecule has 1 aliphatic carbocycles. The molecule has 1 aromatic heterocycles. The molecular formula is C14H20FNO. The summed E-state index contributed by atoms with van der Waals surface area (Å²) >= 11 is 0. The molecule has 1 N–H and O–H groups in total. The minimum absolute atomic E-state index is 0.234. The van der Waals surface area contributed by atoms with Crippen molar-refractivity contribution in [3.8, 4) is 0 Å². The second-order valence-corrected chi connectivity index (χ2v) is 5.56. The molecule has 0 aliphatic heterocycles. The summed E-state index contributed by atoms with van der Waals surface area (Å²) in [6.07, 6.45) is 5.41. The number of nitrogens with zero attached hydrogens (tertiary/aromatic N) is 1. The Morgan fingerprint density at radius 3 is 2.47 bits per heavy atom. The zero-order valence-corrected chi connectivity index (χ0v) is 10.4. The maximum Gasteiger partial charge on any atom is 0.141 e. The molecule has 3 heteroatoms. The number of rotatable bonds is 2. The Bertz CT molecular complexity index is 372. The Morgan fingerprint density at radius 1 is 1.24 bits per heavy atom. The van der Waals surface area contributed by atoms with Gasteiger partial charge in [0.15, 0.2) is 0 Å². The van der Waals surface area contributed by atoms with Crippen LogP contribution in [-0.2, 0) is 0 Å². The lowest BCUT2D eigenvalue weighted by atomic mass is 9.73. The van der Waals surface area contributed by atoms with Crippen LogP contribution in [0.15, 0.2) is 18.5 Å². The predicted octanol–water partition coefficient (Wildman–Crippen LogP) is 3.33. The highest BCUT2D eigenvalue weighted by Gasteiger charge is 2.30.